The molecule has 0 heterocycles. The molecule has 0 amide bonds. The number of hydrogen-bond acceptors (Lipinski definition) is 1. The molecule has 7 aromatic rings. The maximum atomic E-state index is 2.59. The molecule has 0 saturated carbocycles. The first-order valence-corrected chi connectivity index (χ1v) is 20.5. The highest BCUT2D eigenvalue weighted by Crippen LogP contribution is 2.64. The minimum absolute atomic E-state index is 0.0200. The lowest BCUT2D eigenvalue weighted by atomic mass is 9.61. The van der Waals surface area contributed by atoms with Crippen LogP contribution in [0.1, 0.15) is 100 Å². The molecule has 0 aliphatic heterocycles. The van der Waals surface area contributed by atoms with Gasteiger partial charge in [-0.25, -0.2) is 0 Å². The Balaban J connectivity index is 1.36. The van der Waals surface area contributed by atoms with Crippen LogP contribution in [0.2, 0.25) is 0 Å². The first kappa shape index (κ1) is 34.8. The highest BCUT2D eigenvalue weighted by atomic mass is 15.1. The lowest BCUT2D eigenvalue weighted by molar-refractivity contribution is 0.333. The van der Waals surface area contributed by atoms with E-state index in [1.54, 1.807) is 0 Å². The molecule has 0 atom stereocenters. The van der Waals surface area contributed by atoms with Crippen LogP contribution in [-0.4, -0.2) is 0 Å². The van der Waals surface area contributed by atoms with E-state index in [1.165, 1.54) is 84.4 Å². The molecule has 0 N–H and O–H groups in total. The molecule has 1 nitrogen and oxygen atoms in total. The third-order valence-electron chi connectivity index (χ3n) is 13.5. The summed E-state index contributed by atoms with van der Waals surface area (Å²) in [7, 11) is 0. The van der Waals surface area contributed by atoms with Gasteiger partial charge < -0.3 is 4.90 Å². The van der Waals surface area contributed by atoms with Gasteiger partial charge in [-0.2, -0.15) is 0 Å². The molecule has 3 aliphatic carbocycles. The second-order valence-electron chi connectivity index (χ2n) is 18.8. The van der Waals surface area contributed by atoms with Crippen molar-refractivity contribution in [1.29, 1.82) is 0 Å². The molecule has 1 spiro atoms. The number of hydrogen-bond donors (Lipinski definition) is 0. The van der Waals surface area contributed by atoms with E-state index in [0.29, 0.717) is 0 Å². The van der Waals surface area contributed by atoms with Crippen molar-refractivity contribution in [3.63, 3.8) is 0 Å². The molecule has 3 aliphatic rings. The second-order valence-corrected chi connectivity index (χ2v) is 18.8. The van der Waals surface area contributed by atoms with Crippen molar-refractivity contribution in [3.8, 4) is 33.4 Å². The summed E-state index contributed by atoms with van der Waals surface area (Å²) in [6.07, 6.45) is 2.33. The van der Waals surface area contributed by atoms with Crippen molar-refractivity contribution in [2.75, 3.05) is 4.90 Å². The van der Waals surface area contributed by atoms with Gasteiger partial charge in [-0.15, -0.1) is 0 Å². The predicted octanol–water partition coefficient (Wildman–Crippen LogP) is 14.8. The molecule has 7 aromatic carbocycles. The fourth-order valence-electron chi connectivity index (χ4n) is 10.6. The highest BCUT2D eigenvalue weighted by molar-refractivity contribution is 6.00. The minimum atomic E-state index is -0.442. The molecule has 56 heavy (non-hydrogen) atoms. The smallest absolute Gasteiger partial charge is 0.0726 e. The van der Waals surface area contributed by atoms with E-state index in [0.717, 1.165) is 17.8 Å². The molecule has 276 valence electrons. The van der Waals surface area contributed by atoms with Gasteiger partial charge in [-0.1, -0.05) is 170 Å². The number of para-hydroxylation sites is 1. The Hall–Kier alpha value is -5.66. The van der Waals surface area contributed by atoms with E-state index >= 15 is 0 Å². The Morgan fingerprint density at radius 3 is 1.48 bits per heavy atom. The number of anilines is 3. The summed E-state index contributed by atoms with van der Waals surface area (Å²) < 4.78 is 0. The summed E-state index contributed by atoms with van der Waals surface area (Å²) in [5, 5.41) is 0. The highest BCUT2D eigenvalue weighted by Gasteiger charge is 2.52. The van der Waals surface area contributed by atoms with Crippen LogP contribution in [-0.2, 0) is 21.7 Å². The molecule has 0 radical (unpaired) electrons. The fraction of sp³-hybridized carbons (Fsp3) is 0.236. The number of benzene rings is 7. The van der Waals surface area contributed by atoms with E-state index in [4.69, 9.17) is 0 Å². The summed E-state index contributed by atoms with van der Waals surface area (Å²) in [6, 6.07) is 60.2. The summed E-state index contributed by atoms with van der Waals surface area (Å²) in [5.74, 6) is 0. The molecule has 0 bridgehead atoms. The van der Waals surface area contributed by atoms with Gasteiger partial charge in [0.15, 0.2) is 0 Å². The molecule has 0 fully saturated rings. The predicted molar refractivity (Wildman–Crippen MR) is 237 cm³/mol. The van der Waals surface area contributed by atoms with E-state index < -0.39 is 5.41 Å². The maximum absolute atomic E-state index is 2.59. The Morgan fingerprint density at radius 2 is 0.893 bits per heavy atom. The normalized spacial score (nSPS) is 16.4. The molecular formula is C55H51N. The lowest BCUT2D eigenvalue weighted by Crippen LogP contribution is -2.34. The van der Waals surface area contributed by atoms with Crippen molar-refractivity contribution in [2.24, 2.45) is 0 Å². The average molecular weight is 726 g/mol. The van der Waals surface area contributed by atoms with Crippen LogP contribution in [0.5, 0.6) is 0 Å². The molecule has 10 rings (SSSR count). The maximum Gasteiger partial charge on any atom is 0.0726 e. The summed E-state index contributed by atoms with van der Waals surface area (Å²) in [5.41, 5.74) is 20.9. The van der Waals surface area contributed by atoms with E-state index in [2.05, 4.69) is 211 Å². The largest absolute Gasteiger partial charge is 0.310 e. The van der Waals surface area contributed by atoms with E-state index in [1.807, 2.05) is 0 Å². The van der Waals surface area contributed by atoms with Crippen LogP contribution in [0.15, 0.2) is 158 Å². The molecular weight excluding hydrogens is 675 g/mol. The van der Waals surface area contributed by atoms with Gasteiger partial charge in [0.2, 0.25) is 0 Å². The van der Waals surface area contributed by atoms with Gasteiger partial charge in [0.25, 0.3) is 0 Å². The van der Waals surface area contributed by atoms with Gasteiger partial charge in [0.05, 0.1) is 11.1 Å². The van der Waals surface area contributed by atoms with E-state index in [9.17, 15) is 0 Å². The third-order valence-corrected chi connectivity index (χ3v) is 13.5. The first-order valence-electron chi connectivity index (χ1n) is 20.5. The van der Waals surface area contributed by atoms with Gasteiger partial charge in [-0.3, -0.25) is 0 Å². The molecule has 1 heteroatoms. The fourth-order valence-corrected chi connectivity index (χ4v) is 10.6. The number of nitrogens with zero attached hydrogens (tertiary/aromatic N) is 1. The van der Waals surface area contributed by atoms with Crippen molar-refractivity contribution in [2.45, 2.75) is 83.0 Å². The van der Waals surface area contributed by atoms with Crippen molar-refractivity contribution in [1.82, 2.24) is 0 Å². The topological polar surface area (TPSA) is 3.24 Å². The third kappa shape index (κ3) is 4.92. The van der Waals surface area contributed by atoms with Crippen LogP contribution in [0, 0.1) is 0 Å². The summed E-state index contributed by atoms with van der Waals surface area (Å²) in [6.45, 7) is 16.7. The van der Waals surface area contributed by atoms with Crippen LogP contribution in [0.3, 0.4) is 0 Å². The van der Waals surface area contributed by atoms with Gasteiger partial charge in [0, 0.05) is 16.9 Å². The minimum Gasteiger partial charge on any atom is -0.310 e. The Labute approximate surface area is 333 Å². The van der Waals surface area contributed by atoms with E-state index in [-0.39, 0.29) is 16.2 Å². The zero-order valence-corrected chi connectivity index (χ0v) is 33.9. The summed E-state index contributed by atoms with van der Waals surface area (Å²) in [4.78, 5) is 2.53. The molecule has 0 saturated heterocycles. The van der Waals surface area contributed by atoms with Crippen molar-refractivity contribution in [3.05, 3.63) is 197 Å². The first-order chi connectivity index (χ1) is 26.9. The lowest BCUT2D eigenvalue weighted by Gasteiger charge is -2.43. The monoisotopic (exact) mass is 725 g/mol. The number of rotatable bonds is 4. The van der Waals surface area contributed by atoms with Gasteiger partial charge in [-0.05, 0) is 132 Å². The van der Waals surface area contributed by atoms with Gasteiger partial charge in [0.1, 0.15) is 0 Å². The zero-order valence-electron chi connectivity index (χ0n) is 33.9. The van der Waals surface area contributed by atoms with Crippen LogP contribution in [0.25, 0.3) is 33.4 Å². The van der Waals surface area contributed by atoms with Crippen LogP contribution in [0.4, 0.5) is 17.1 Å². The van der Waals surface area contributed by atoms with Crippen LogP contribution >= 0.6 is 0 Å². The van der Waals surface area contributed by atoms with Gasteiger partial charge >= 0.3 is 0 Å². The Morgan fingerprint density at radius 1 is 0.411 bits per heavy atom. The molecule has 0 aromatic heterocycles. The SMILES string of the molecule is CC(C)(C)c1ccc(N(c2ccccc2)c2cc3c(cc2-c2cccc4c2C(C)(C)CCC4(C)C)-c2ccccc2C32c3ccccc3-c3ccccc32)cc1. The Bertz CT molecular complexity index is 2620. The number of fused-ring (bicyclic) bond motifs is 11. The second kappa shape index (κ2) is 12.2. The summed E-state index contributed by atoms with van der Waals surface area (Å²) >= 11 is 0. The zero-order chi connectivity index (χ0) is 38.6. The quantitative estimate of drug-likeness (QED) is 0.175. The van der Waals surface area contributed by atoms with Crippen molar-refractivity contribution >= 4 is 17.1 Å². The molecule has 0 unspecified atom stereocenters. The average Bonchev–Trinajstić information content (AvgIpc) is 3.66. The van der Waals surface area contributed by atoms with Crippen LogP contribution < -0.4 is 4.90 Å². The van der Waals surface area contributed by atoms with Crippen molar-refractivity contribution < 1.29 is 0 Å². The Kier molecular flexibility index (Phi) is 7.56. The standard InChI is InChI=1S/C55H51N/c1-52(2,3)36-28-30-38(31-29-36)56(37-18-9-8-10-19-37)50-35-49-43(34-44(50)42-23-17-27-48-51(42)54(6,7)33-32-53(48,4)5)41-22-13-16-26-47(41)55(49)45-24-14-11-20-39(45)40-21-12-15-25-46(40)55/h8-31,34-35H,32-33H2,1-7H3.